The molecule has 0 fully saturated rings. The monoisotopic (exact) mass is 308 g/mol. The second kappa shape index (κ2) is 10.2. The minimum Gasteiger partial charge on any atom is -0.510 e. The molecule has 0 amide bonds. The first-order valence-electron chi connectivity index (χ1n) is 8.21. The zero-order chi connectivity index (χ0) is 16.3. The summed E-state index contributed by atoms with van der Waals surface area (Å²) < 4.78 is 0. The van der Waals surface area contributed by atoms with Gasteiger partial charge in [0.25, 0.3) is 0 Å². The van der Waals surface area contributed by atoms with Gasteiger partial charge in [-0.15, -0.1) is 0 Å². The van der Waals surface area contributed by atoms with Gasteiger partial charge in [-0.25, -0.2) is 0 Å². The lowest BCUT2D eigenvalue weighted by atomic mass is 10.0. The number of hydrogen-bond donors (Lipinski definition) is 2. The van der Waals surface area contributed by atoms with Crippen LogP contribution in [-0.2, 0) is 0 Å². The van der Waals surface area contributed by atoms with Gasteiger partial charge >= 0.3 is 0 Å². The predicted octanol–water partition coefficient (Wildman–Crippen LogP) is 4.69. The summed E-state index contributed by atoms with van der Waals surface area (Å²) in [5.74, 6) is -0.00301. The second-order valence-corrected chi connectivity index (χ2v) is 5.56. The molecule has 22 heavy (non-hydrogen) atoms. The highest BCUT2D eigenvalue weighted by atomic mass is 16.3. The average Bonchev–Trinajstić information content (AvgIpc) is 2.49. The van der Waals surface area contributed by atoms with Crippen LogP contribution in [0.5, 0.6) is 0 Å². The van der Waals surface area contributed by atoms with Gasteiger partial charge in [-0.1, -0.05) is 39.5 Å². The fraction of sp³-hybridized carbons (Fsp3) is 0.750. The molecule has 0 heterocycles. The summed E-state index contributed by atoms with van der Waals surface area (Å²) in [4.78, 5) is 0. The highest BCUT2D eigenvalue weighted by Crippen LogP contribution is 2.28. The molecule has 0 saturated heterocycles. The maximum atomic E-state index is 10.2. The van der Waals surface area contributed by atoms with Gasteiger partial charge in [0, 0.05) is 0 Å². The van der Waals surface area contributed by atoms with Crippen LogP contribution in [0.15, 0.2) is 44.1 Å². The Bertz CT molecular complexity index is 443. The van der Waals surface area contributed by atoms with Crippen LogP contribution in [0.4, 0.5) is 0 Å². The summed E-state index contributed by atoms with van der Waals surface area (Å²) >= 11 is 0. The fourth-order valence-electron chi connectivity index (χ4n) is 2.03. The van der Waals surface area contributed by atoms with E-state index in [1.165, 1.54) is 6.08 Å². The largest absolute Gasteiger partial charge is 0.510 e. The Kier molecular flexibility index (Phi) is 8.58. The number of nitrogens with zero attached hydrogens (tertiary/aromatic N) is 4. The van der Waals surface area contributed by atoms with Gasteiger partial charge in [0.2, 0.25) is 5.72 Å². The van der Waals surface area contributed by atoms with Crippen LogP contribution < -0.4 is 0 Å². The number of rotatable bonds is 10. The number of unbranched alkanes of at least 4 members (excludes halogenated alkanes) is 4. The summed E-state index contributed by atoms with van der Waals surface area (Å²) in [6.07, 6.45) is 9.48. The SMILES string of the molecule is CCCCCN=NC1=C(O)CC(O)(N=NCCCCC)C=C1. The summed E-state index contributed by atoms with van der Waals surface area (Å²) in [6, 6.07) is 0. The molecular formula is C16H28N4O2. The quantitative estimate of drug-likeness (QED) is 0.453. The van der Waals surface area contributed by atoms with E-state index in [0.29, 0.717) is 18.8 Å². The Morgan fingerprint density at radius 2 is 1.68 bits per heavy atom. The van der Waals surface area contributed by atoms with Crippen LogP contribution in [0.1, 0.15) is 58.8 Å². The van der Waals surface area contributed by atoms with Gasteiger partial charge in [0.1, 0.15) is 11.5 Å². The zero-order valence-electron chi connectivity index (χ0n) is 13.7. The smallest absolute Gasteiger partial charge is 0.202 e. The Labute approximate surface area is 132 Å². The number of aliphatic hydroxyl groups excluding tert-OH is 1. The van der Waals surface area contributed by atoms with Crippen LogP contribution in [-0.4, -0.2) is 29.0 Å². The summed E-state index contributed by atoms with van der Waals surface area (Å²) in [7, 11) is 0. The number of hydrogen-bond acceptors (Lipinski definition) is 6. The van der Waals surface area contributed by atoms with Crippen molar-refractivity contribution in [2.75, 3.05) is 13.1 Å². The molecule has 0 spiro atoms. The number of allylic oxidation sites excluding steroid dienone is 1. The number of aliphatic hydroxyl groups is 2. The lowest BCUT2D eigenvalue weighted by Crippen LogP contribution is -2.26. The molecule has 1 aliphatic carbocycles. The van der Waals surface area contributed by atoms with Gasteiger partial charge in [0.15, 0.2) is 0 Å². The van der Waals surface area contributed by atoms with Crippen molar-refractivity contribution in [3.63, 3.8) is 0 Å². The third-order valence-electron chi connectivity index (χ3n) is 3.38. The van der Waals surface area contributed by atoms with E-state index in [4.69, 9.17) is 0 Å². The van der Waals surface area contributed by atoms with Crippen LogP contribution in [0.2, 0.25) is 0 Å². The molecular weight excluding hydrogens is 280 g/mol. The maximum Gasteiger partial charge on any atom is 0.202 e. The second-order valence-electron chi connectivity index (χ2n) is 5.56. The minimum atomic E-state index is -1.46. The molecule has 1 atom stereocenters. The van der Waals surface area contributed by atoms with Crippen LogP contribution in [0, 0.1) is 0 Å². The average molecular weight is 308 g/mol. The van der Waals surface area contributed by atoms with Crippen molar-refractivity contribution in [2.24, 2.45) is 20.5 Å². The third-order valence-corrected chi connectivity index (χ3v) is 3.38. The molecule has 0 radical (unpaired) electrons. The Balaban J connectivity index is 2.47. The molecule has 1 rings (SSSR count). The van der Waals surface area contributed by atoms with Crippen molar-refractivity contribution in [1.29, 1.82) is 0 Å². The highest BCUT2D eigenvalue weighted by Gasteiger charge is 2.29. The topological polar surface area (TPSA) is 89.9 Å². The maximum absolute atomic E-state index is 10.2. The molecule has 6 nitrogen and oxygen atoms in total. The van der Waals surface area contributed by atoms with Gasteiger partial charge < -0.3 is 10.2 Å². The lowest BCUT2D eigenvalue weighted by molar-refractivity contribution is 0.0770. The van der Waals surface area contributed by atoms with Crippen molar-refractivity contribution in [2.45, 2.75) is 64.5 Å². The van der Waals surface area contributed by atoms with Crippen LogP contribution in [0.3, 0.4) is 0 Å². The standard InChI is InChI=1S/C16H28N4O2/c1-3-5-7-11-17-19-14-9-10-16(22,13-15(14)21)20-18-12-8-6-4-2/h9-10,21-22H,3-8,11-13H2,1-2H3. The molecule has 0 bridgehead atoms. The van der Waals surface area contributed by atoms with E-state index in [1.807, 2.05) is 0 Å². The molecule has 0 aromatic rings. The van der Waals surface area contributed by atoms with Crippen molar-refractivity contribution in [1.82, 2.24) is 0 Å². The molecule has 124 valence electrons. The summed E-state index contributed by atoms with van der Waals surface area (Å²) in [5, 5.41) is 36.2. The third kappa shape index (κ3) is 6.93. The van der Waals surface area contributed by atoms with E-state index >= 15 is 0 Å². The molecule has 1 aliphatic rings. The zero-order valence-corrected chi connectivity index (χ0v) is 13.7. The fourth-order valence-corrected chi connectivity index (χ4v) is 2.03. The van der Waals surface area contributed by atoms with Gasteiger partial charge in [-0.3, -0.25) is 0 Å². The lowest BCUT2D eigenvalue weighted by Gasteiger charge is -2.21. The Morgan fingerprint density at radius 3 is 2.27 bits per heavy atom. The minimum absolute atomic E-state index is 0.00301. The first-order chi connectivity index (χ1) is 10.6. The first kappa shape index (κ1) is 18.5. The first-order valence-corrected chi connectivity index (χ1v) is 8.21. The molecule has 0 aromatic carbocycles. The summed E-state index contributed by atoms with van der Waals surface area (Å²) in [5.41, 5.74) is -1.07. The van der Waals surface area contributed by atoms with E-state index in [1.54, 1.807) is 6.08 Å². The van der Waals surface area contributed by atoms with Crippen molar-refractivity contribution in [3.8, 4) is 0 Å². The van der Waals surface area contributed by atoms with E-state index < -0.39 is 5.72 Å². The van der Waals surface area contributed by atoms with Crippen LogP contribution in [0.25, 0.3) is 0 Å². The van der Waals surface area contributed by atoms with Gasteiger partial charge in [-0.2, -0.15) is 20.5 Å². The Morgan fingerprint density at radius 1 is 1.05 bits per heavy atom. The molecule has 2 N–H and O–H groups in total. The molecule has 6 heteroatoms. The number of azo groups is 2. The highest BCUT2D eigenvalue weighted by molar-refractivity contribution is 5.29. The van der Waals surface area contributed by atoms with Crippen molar-refractivity contribution < 1.29 is 10.2 Å². The molecule has 1 unspecified atom stereocenters. The molecule has 0 aromatic heterocycles. The van der Waals surface area contributed by atoms with E-state index in [-0.39, 0.29) is 12.2 Å². The van der Waals surface area contributed by atoms with E-state index in [0.717, 1.165) is 38.5 Å². The van der Waals surface area contributed by atoms with E-state index in [9.17, 15) is 10.2 Å². The van der Waals surface area contributed by atoms with Crippen molar-refractivity contribution in [3.05, 3.63) is 23.6 Å². The van der Waals surface area contributed by atoms with E-state index in [2.05, 4.69) is 34.3 Å². The van der Waals surface area contributed by atoms with Crippen LogP contribution >= 0.6 is 0 Å². The van der Waals surface area contributed by atoms with Gasteiger partial charge in [-0.05, 0) is 25.0 Å². The summed E-state index contributed by atoms with van der Waals surface area (Å²) in [6.45, 7) is 5.50. The molecule has 0 saturated carbocycles. The Hall–Kier alpha value is -1.56. The normalized spacial score (nSPS) is 22.3. The van der Waals surface area contributed by atoms with Crippen molar-refractivity contribution >= 4 is 0 Å². The predicted molar refractivity (Wildman–Crippen MR) is 86.9 cm³/mol. The molecule has 0 aliphatic heterocycles. The van der Waals surface area contributed by atoms with Gasteiger partial charge in [0.05, 0.1) is 19.5 Å².